The molecule has 1 aliphatic heterocycles. The van der Waals surface area contributed by atoms with E-state index < -0.39 is 29.4 Å². The van der Waals surface area contributed by atoms with E-state index in [2.05, 4.69) is 59.9 Å². The van der Waals surface area contributed by atoms with E-state index in [9.17, 15) is 44.4 Å². The van der Waals surface area contributed by atoms with Crippen molar-refractivity contribution in [2.24, 2.45) is 56.7 Å². The summed E-state index contributed by atoms with van der Waals surface area (Å²) in [5.74, 6) is -0.923. The van der Waals surface area contributed by atoms with Gasteiger partial charge in [-0.15, -0.1) is 0 Å². The van der Waals surface area contributed by atoms with Gasteiger partial charge in [-0.1, -0.05) is 60.1 Å². The molecule has 0 radical (unpaired) electrons. The zero-order valence-electron chi connectivity index (χ0n) is 39.6. The van der Waals surface area contributed by atoms with Gasteiger partial charge < -0.3 is 30.5 Å². The summed E-state index contributed by atoms with van der Waals surface area (Å²) in [6, 6.07) is -0.883. The van der Waals surface area contributed by atoms with E-state index in [1.54, 1.807) is 9.80 Å². The van der Waals surface area contributed by atoms with E-state index in [1.807, 2.05) is 9.80 Å². The molecule has 6 aliphatic rings. The lowest BCUT2D eigenvalue weighted by Crippen LogP contribution is -2.66. The second kappa shape index (κ2) is 19.5. The Balaban J connectivity index is 1.17. The first-order valence-corrected chi connectivity index (χ1v) is 24.3. The van der Waals surface area contributed by atoms with Crippen LogP contribution in [0.15, 0.2) is 11.6 Å². The van der Waals surface area contributed by atoms with Gasteiger partial charge in [-0.05, 0) is 122 Å². The number of rotatable bonds is 13. The van der Waals surface area contributed by atoms with Crippen molar-refractivity contribution in [2.75, 3.05) is 78.5 Å². The van der Waals surface area contributed by atoms with Crippen molar-refractivity contribution in [3.8, 4) is 0 Å². The highest BCUT2D eigenvalue weighted by Gasteiger charge is 2.69. The number of nitrogens with one attached hydrogen (secondary N) is 1. The number of aliphatic carboxylic acids is 3. The number of aliphatic hydroxyl groups is 1. The maximum absolute atomic E-state index is 14.9. The maximum Gasteiger partial charge on any atom is 0.320 e. The normalized spacial score (nSPS) is 38.8. The predicted octanol–water partition coefficient (Wildman–Crippen LogP) is 4.94. The molecule has 6 rings (SSSR count). The van der Waals surface area contributed by atoms with Gasteiger partial charge in [0.05, 0.1) is 31.2 Å². The molecule has 11 atom stereocenters. The zero-order valence-corrected chi connectivity index (χ0v) is 39.6. The summed E-state index contributed by atoms with van der Waals surface area (Å²) in [6.45, 7) is 19.6. The van der Waals surface area contributed by atoms with Crippen LogP contribution in [0.5, 0.6) is 0 Å². The summed E-state index contributed by atoms with van der Waals surface area (Å²) >= 11 is 0. The molecule has 0 bridgehead atoms. The highest BCUT2D eigenvalue weighted by Crippen LogP contribution is 2.75. The maximum atomic E-state index is 14.9. The van der Waals surface area contributed by atoms with Gasteiger partial charge in [-0.3, -0.25) is 38.8 Å². The minimum Gasteiger partial charge on any atom is -0.480 e. The highest BCUT2D eigenvalue weighted by atomic mass is 16.4. The van der Waals surface area contributed by atoms with Gasteiger partial charge >= 0.3 is 17.9 Å². The Bertz CT molecular complexity index is 1720. The van der Waals surface area contributed by atoms with Crippen LogP contribution < -0.4 is 5.32 Å². The number of nitrogens with zero attached hydrogens (tertiary/aromatic N) is 4. The van der Waals surface area contributed by atoms with Crippen LogP contribution in [0.2, 0.25) is 0 Å². The molecule has 14 heteroatoms. The lowest BCUT2D eigenvalue weighted by molar-refractivity contribution is -0.204. The molecule has 0 aromatic heterocycles. The van der Waals surface area contributed by atoms with Crippen LogP contribution in [-0.2, 0) is 24.0 Å². The number of amides is 1. The Kier molecular flexibility index (Phi) is 15.3. The van der Waals surface area contributed by atoms with E-state index in [0.717, 1.165) is 64.1 Å². The topological polar surface area (TPSA) is 191 Å². The molecular formula is C49H81N5O9. The van der Waals surface area contributed by atoms with Crippen molar-refractivity contribution in [2.45, 2.75) is 131 Å². The minimum atomic E-state index is -1.02. The summed E-state index contributed by atoms with van der Waals surface area (Å²) in [5.41, 5.74) is 1.09. The molecule has 0 spiro atoms. The number of carboxylic acid groups (broad SMARTS) is 3. The average molecular weight is 884 g/mol. The second-order valence-electron chi connectivity index (χ2n) is 22.3. The first-order valence-electron chi connectivity index (χ1n) is 24.3. The van der Waals surface area contributed by atoms with Crippen LogP contribution in [0.3, 0.4) is 0 Å². The Hall–Kier alpha value is -2.91. The fourth-order valence-corrected chi connectivity index (χ4v) is 14.9. The molecule has 1 heterocycles. The Morgan fingerprint density at radius 3 is 1.98 bits per heavy atom. The van der Waals surface area contributed by atoms with E-state index >= 15 is 0 Å². The molecule has 1 amide bonds. The van der Waals surface area contributed by atoms with Crippen molar-refractivity contribution in [3.05, 3.63) is 11.6 Å². The minimum absolute atomic E-state index is 0.0279. The smallest absolute Gasteiger partial charge is 0.320 e. The van der Waals surface area contributed by atoms with E-state index in [-0.39, 0.29) is 78.7 Å². The third kappa shape index (κ3) is 9.54. The summed E-state index contributed by atoms with van der Waals surface area (Å²) in [5, 5.41) is 44.3. The molecular weight excluding hydrogens is 803 g/mol. The van der Waals surface area contributed by atoms with Crippen LogP contribution in [-0.4, -0.2) is 161 Å². The Morgan fingerprint density at radius 2 is 1.38 bits per heavy atom. The van der Waals surface area contributed by atoms with E-state index in [0.29, 0.717) is 75.9 Å². The number of carboxylic acids is 3. The molecule has 0 aromatic carbocycles. The Labute approximate surface area is 376 Å². The fourth-order valence-electron chi connectivity index (χ4n) is 14.9. The predicted molar refractivity (Wildman–Crippen MR) is 241 cm³/mol. The first kappa shape index (κ1) is 49.5. The number of carbonyl (C=O) groups excluding carboxylic acids is 2. The van der Waals surface area contributed by atoms with Crippen LogP contribution in [0.4, 0.5) is 0 Å². The van der Waals surface area contributed by atoms with E-state index in [4.69, 9.17) is 0 Å². The van der Waals surface area contributed by atoms with Gasteiger partial charge in [-0.25, -0.2) is 0 Å². The Morgan fingerprint density at radius 1 is 0.778 bits per heavy atom. The summed E-state index contributed by atoms with van der Waals surface area (Å²) < 4.78 is 0. The summed E-state index contributed by atoms with van der Waals surface area (Å²) in [7, 11) is 0. The molecule has 5 N–H and O–H groups in total. The summed E-state index contributed by atoms with van der Waals surface area (Å²) in [4.78, 5) is 70.1. The third-order valence-electron chi connectivity index (χ3n) is 19.0. The number of fused-ring (bicyclic) bond motifs is 7. The van der Waals surface area contributed by atoms with Gasteiger partial charge in [0.15, 0.2) is 0 Å². The quantitative estimate of drug-likeness (QED) is 0.0951. The molecule has 0 aromatic rings. The average Bonchev–Trinajstić information content (AvgIpc) is 3.20. The largest absolute Gasteiger partial charge is 0.480 e. The number of aliphatic hydroxyl groups excluding tert-OH is 1. The van der Waals surface area contributed by atoms with Crippen LogP contribution >= 0.6 is 0 Å². The first-order chi connectivity index (χ1) is 29.6. The van der Waals surface area contributed by atoms with Gasteiger partial charge in [0, 0.05) is 58.9 Å². The van der Waals surface area contributed by atoms with Crippen molar-refractivity contribution >= 4 is 30.1 Å². The molecule has 5 aliphatic carbocycles. The zero-order chi connectivity index (χ0) is 46.1. The van der Waals surface area contributed by atoms with Gasteiger partial charge in [0.25, 0.3) is 0 Å². The lowest BCUT2D eigenvalue weighted by atomic mass is 9.33. The van der Waals surface area contributed by atoms with Crippen molar-refractivity contribution in [3.63, 3.8) is 0 Å². The SMILES string of the molecule is C[C@H]1[C@H](C)CC[C@]2(C(=O)NCCCC(C(=O)O)N3CCN(CC=O)CCN(CC(=O)O)CCN(CC(=O)O)CC3)CC[C@]3(C)C(=CCC4[C@@]5(C)CC[C@H](O)C(C)(C)C5CC[C@]43C)[C@H]12. The molecule has 3 unspecified atom stereocenters. The molecule has 4 saturated carbocycles. The number of hydrogen-bond donors (Lipinski definition) is 5. The fraction of sp³-hybridized carbons (Fsp3) is 0.857. The molecule has 356 valence electrons. The van der Waals surface area contributed by atoms with Gasteiger partial charge in [0.1, 0.15) is 12.3 Å². The van der Waals surface area contributed by atoms with Crippen LogP contribution in [0, 0.1) is 56.7 Å². The standard InChI is InChI=1S/C49H81N5O9/c1-33-12-17-49(19-18-47(6)35(42(49)34(33)2)10-11-38-46(5)15-14-39(56)45(3,4)37(46)13-16-48(38,47)7)44(63)50-20-8-9-36(43(61)62)54-27-25-51(29-30-55)21-22-52(31-40(57)58)23-24-53(26-28-54)32-41(59)60/h10,30,33-34,36-39,42,56H,8-9,11-29,31-32H2,1-7H3,(H,50,63)(H,57,58)(H,59,60)(H,61,62)/t33-,34+,36?,37?,38?,39+,42+,46+,47-,48-,49+/m1/s1. The van der Waals surface area contributed by atoms with Gasteiger partial charge in [-0.2, -0.15) is 0 Å². The summed E-state index contributed by atoms with van der Waals surface area (Å²) in [6.07, 6.45) is 12.7. The van der Waals surface area contributed by atoms with E-state index in [1.165, 1.54) is 5.57 Å². The lowest BCUT2D eigenvalue weighted by Gasteiger charge is -2.71. The van der Waals surface area contributed by atoms with Crippen molar-refractivity contribution in [1.82, 2.24) is 24.9 Å². The number of allylic oxidation sites excluding steroid dienone is 2. The second-order valence-corrected chi connectivity index (χ2v) is 22.3. The van der Waals surface area contributed by atoms with Crippen LogP contribution in [0.25, 0.3) is 0 Å². The van der Waals surface area contributed by atoms with Crippen molar-refractivity contribution in [1.29, 1.82) is 0 Å². The molecule has 63 heavy (non-hydrogen) atoms. The monoisotopic (exact) mass is 884 g/mol. The van der Waals surface area contributed by atoms with Gasteiger partial charge in [0.2, 0.25) is 5.91 Å². The number of aldehydes is 1. The molecule has 14 nitrogen and oxygen atoms in total. The number of carbonyl (C=O) groups is 5. The third-order valence-corrected chi connectivity index (χ3v) is 19.0. The van der Waals surface area contributed by atoms with Crippen LogP contribution in [0.1, 0.15) is 119 Å². The molecule has 5 fully saturated rings. The number of hydrogen-bond acceptors (Lipinski definition) is 10. The van der Waals surface area contributed by atoms with Crippen molar-refractivity contribution < 1.29 is 44.4 Å². The molecule has 1 saturated heterocycles. The highest BCUT2D eigenvalue weighted by molar-refractivity contribution is 5.84.